The second kappa shape index (κ2) is 7.70. The highest BCUT2D eigenvalue weighted by molar-refractivity contribution is 7.99. The van der Waals surface area contributed by atoms with Crippen LogP contribution in [0.2, 0.25) is 0 Å². The third-order valence-corrected chi connectivity index (χ3v) is 4.98. The fraction of sp³-hybridized carbons (Fsp3) is 0.933. The van der Waals surface area contributed by atoms with E-state index in [0.717, 1.165) is 39.3 Å². The first-order valence-electron chi connectivity index (χ1n) is 7.95. The number of nitrogens with one attached hydrogen (secondary N) is 1. The van der Waals surface area contributed by atoms with Crippen molar-refractivity contribution in [2.75, 3.05) is 50.8 Å². The Kier molecular flexibility index (Phi) is 6.20. The van der Waals surface area contributed by atoms with E-state index >= 15 is 0 Å². The summed E-state index contributed by atoms with van der Waals surface area (Å²) in [5, 5.41) is 3.63. The summed E-state index contributed by atoms with van der Waals surface area (Å²) in [5.41, 5.74) is -0.405. The number of hydrogen-bond donors (Lipinski definition) is 1. The van der Waals surface area contributed by atoms with E-state index in [2.05, 4.69) is 10.2 Å². The van der Waals surface area contributed by atoms with Gasteiger partial charge in [-0.05, 0) is 32.9 Å². The molecule has 1 atom stereocenters. The minimum Gasteiger partial charge on any atom is -0.444 e. The van der Waals surface area contributed by atoms with Crippen LogP contribution in [0.4, 0.5) is 4.79 Å². The number of hydrogen-bond acceptors (Lipinski definition) is 5. The van der Waals surface area contributed by atoms with Crippen LogP contribution in [0.5, 0.6) is 0 Å². The zero-order valence-corrected chi connectivity index (χ0v) is 14.4. The maximum absolute atomic E-state index is 12.0. The molecule has 1 amide bonds. The van der Waals surface area contributed by atoms with Crippen LogP contribution in [-0.2, 0) is 4.74 Å². The van der Waals surface area contributed by atoms with Crippen LogP contribution >= 0.6 is 11.8 Å². The number of ether oxygens (including phenoxy) is 1. The van der Waals surface area contributed by atoms with Gasteiger partial charge in [0, 0.05) is 51.1 Å². The summed E-state index contributed by atoms with van der Waals surface area (Å²) in [6.07, 6.45) is 1.13. The van der Waals surface area contributed by atoms with Gasteiger partial charge >= 0.3 is 6.09 Å². The first kappa shape index (κ1) is 16.9. The molecule has 2 fully saturated rings. The van der Waals surface area contributed by atoms with Gasteiger partial charge in [-0.3, -0.25) is 4.90 Å². The van der Waals surface area contributed by atoms with Crippen LogP contribution in [-0.4, -0.2) is 78.3 Å². The second-order valence-corrected chi connectivity index (χ2v) is 7.97. The SMILES string of the molecule is CC(C)(C)OC(=O)N1CCN(CCNC2CCSC2)CC1. The van der Waals surface area contributed by atoms with Gasteiger partial charge < -0.3 is 15.0 Å². The van der Waals surface area contributed by atoms with Gasteiger partial charge in [-0.2, -0.15) is 11.8 Å². The fourth-order valence-corrected chi connectivity index (χ4v) is 3.79. The lowest BCUT2D eigenvalue weighted by atomic mass is 10.2. The number of amides is 1. The minimum absolute atomic E-state index is 0.178. The summed E-state index contributed by atoms with van der Waals surface area (Å²) in [7, 11) is 0. The lowest BCUT2D eigenvalue weighted by Crippen LogP contribution is -2.51. The molecular weight excluding hydrogens is 286 g/mol. The summed E-state index contributed by atoms with van der Waals surface area (Å²) in [5.74, 6) is 2.55. The third-order valence-electron chi connectivity index (χ3n) is 3.81. The maximum Gasteiger partial charge on any atom is 0.410 e. The van der Waals surface area contributed by atoms with E-state index in [1.807, 2.05) is 37.4 Å². The Bertz CT molecular complexity index is 332. The molecule has 21 heavy (non-hydrogen) atoms. The summed E-state index contributed by atoms with van der Waals surface area (Å²) in [6.45, 7) is 11.3. The highest BCUT2D eigenvalue weighted by Gasteiger charge is 2.25. The van der Waals surface area contributed by atoms with Crippen LogP contribution in [0.15, 0.2) is 0 Å². The topological polar surface area (TPSA) is 44.8 Å². The summed E-state index contributed by atoms with van der Waals surface area (Å²) < 4.78 is 5.41. The quantitative estimate of drug-likeness (QED) is 0.854. The number of thioether (sulfide) groups is 1. The van der Waals surface area contributed by atoms with Gasteiger partial charge in [-0.1, -0.05) is 0 Å². The lowest BCUT2D eigenvalue weighted by Gasteiger charge is -2.35. The third kappa shape index (κ3) is 6.04. The van der Waals surface area contributed by atoms with Crippen molar-refractivity contribution in [3.8, 4) is 0 Å². The Balaban J connectivity index is 1.60. The van der Waals surface area contributed by atoms with Gasteiger partial charge in [0.15, 0.2) is 0 Å². The van der Waals surface area contributed by atoms with Crippen molar-refractivity contribution in [2.24, 2.45) is 0 Å². The smallest absolute Gasteiger partial charge is 0.410 e. The van der Waals surface area contributed by atoms with Crippen LogP contribution in [0, 0.1) is 0 Å². The molecule has 0 saturated carbocycles. The Morgan fingerprint density at radius 3 is 2.57 bits per heavy atom. The molecule has 2 aliphatic rings. The predicted molar refractivity (Wildman–Crippen MR) is 88.0 cm³/mol. The molecule has 2 rings (SSSR count). The minimum atomic E-state index is -0.405. The average Bonchev–Trinajstić information content (AvgIpc) is 2.91. The predicted octanol–water partition coefficient (Wildman–Crippen LogP) is 1.63. The molecular formula is C15H29N3O2S. The summed E-state index contributed by atoms with van der Waals surface area (Å²) >= 11 is 2.04. The standard InChI is InChI=1S/C15H29N3O2S/c1-15(2,3)20-14(19)18-9-7-17(8-10-18)6-5-16-13-4-11-21-12-13/h13,16H,4-12H2,1-3H3. The van der Waals surface area contributed by atoms with E-state index in [-0.39, 0.29) is 6.09 Å². The maximum atomic E-state index is 12.0. The van der Waals surface area contributed by atoms with Crippen LogP contribution in [0.3, 0.4) is 0 Å². The van der Waals surface area contributed by atoms with Gasteiger partial charge in [-0.15, -0.1) is 0 Å². The number of piperazine rings is 1. The van der Waals surface area contributed by atoms with Crippen molar-refractivity contribution in [3.05, 3.63) is 0 Å². The van der Waals surface area contributed by atoms with Gasteiger partial charge in [-0.25, -0.2) is 4.79 Å². The lowest BCUT2D eigenvalue weighted by molar-refractivity contribution is 0.0146. The monoisotopic (exact) mass is 315 g/mol. The second-order valence-electron chi connectivity index (χ2n) is 6.82. The van der Waals surface area contributed by atoms with Crippen molar-refractivity contribution in [2.45, 2.75) is 38.8 Å². The van der Waals surface area contributed by atoms with Gasteiger partial charge in [0.1, 0.15) is 5.60 Å². The Hall–Kier alpha value is -0.460. The molecule has 0 aromatic rings. The van der Waals surface area contributed by atoms with Crippen LogP contribution in [0.25, 0.3) is 0 Å². The largest absolute Gasteiger partial charge is 0.444 e. The fourth-order valence-electron chi connectivity index (χ4n) is 2.60. The average molecular weight is 315 g/mol. The Labute approximate surface area is 132 Å². The normalized spacial score (nSPS) is 24.3. The molecule has 0 bridgehead atoms. The van der Waals surface area contributed by atoms with E-state index in [1.54, 1.807) is 0 Å². The number of nitrogens with zero attached hydrogens (tertiary/aromatic N) is 2. The van der Waals surface area contributed by atoms with E-state index in [0.29, 0.717) is 6.04 Å². The highest BCUT2D eigenvalue weighted by atomic mass is 32.2. The molecule has 1 unspecified atom stereocenters. The molecule has 0 radical (unpaired) electrons. The summed E-state index contributed by atoms with van der Waals surface area (Å²) in [4.78, 5) is 16.2. The first-order chi connectivity index (χ1) is 9.94. The molecule has 0 aromatic heterocycles. The van der Waals surface area contributed by atoms with E-state index < -0.39 is 5.60 Å². The van der Waals surface area contributed by atoms with Crippen LogP contribution < -0.4 is 5.32 Å². The molecule has 6 heteroatoms. The van der Waals surface area contributed by atoms with Crippen molar-refractivity contribution in [1.29, 1.82) is 0 Å². The van der Waals surface area contributed by atoms with Crippen molar-refractivity contribution < 1.29 is 9.53 Å². The number of carbonyl (C=O) groups excluding carboxylic acids is 1. The first-order valence-corrected chi connectivity index (χ1v) is 9.11. The number of carbonyl (C=O) groups is 1. The number of rotatable bonds is 4. The zero-order valence-electron chi connectivity index (χ0n) is 13.6. The van der Waals surface area contributed by atoms with E-state index in [4.69, 9.17) is 4.74 Å². The molecule has 5 nitrogen and oxygen atoms in total. The van der Waals surface area contributed by atoms with Crippen molar-refractivity contribution >= 4 is 17.9 Å². The van der Waals surface area contributed by atoms with Crippen LogP contribution in [0.1, 0.15) is 27.2 Å². The summed E-state index contributed by atoms with van der Waals surface area (Å²) in [6, 6.07) is 0.707. The highest BCUT2D eigenvalue weighted by Crippen LogP contribution is 2.16. The molecule has 1 N–H and O–H groups in total. The molecule has 2 aliphatic heterocycles. The van der Waals surface area contributed by atoms with Crippen molar-refractivity contribution in [3.63, 3.8) is 0 Å². The Morgan fingerprint density at radius 2 is 2.00 bits per heavy atom. The molecule has 0 spiro atoms. The molecule has 122 valence electrons. The zero-order chi connectivity index (χ0) is 15.3. The molecule has 2 saturated heterocycles. The Morgan fingerprint density at radius 1 is 1.29 bits per heavy atom. The van der Waals surface area contributed by atoms with Gasteiger partial charge in [0.2, 0.25) is 0 Å². The van der Waals surface area contributed by atoms with Crippen molar-refractivity contribution in [1.82, 2.24) is 15.1 Å². The van der Waals surface area contributed by atoms with E-state index in [9.17, 15) is 4.79 Å². The molecule has 0 aliphatic carbocycles. The van der Waals surface area contributed by atoms with Gasteiger partial charge in [0.25, 0.3) is 0 Å². The molecule has 2 heterocycles. The van der Waals surface area contributed by atoms with E-state index in [1.165, 1.54) is 17.9 Å². The molecule has 0 aromatic carbocycles. The van der Waals surface area contributed by atoms with Gasteiger partial charge in [0.05, 0.1) is 0 Å².